The fourth-order valence-electron chi connectivity index (χ4n) is 2.92. The average molecular weight is 520 g/mol. The third kappa shape index (κ3) is 9.50. The summed E-state index contributed by atoms with van der Waals surface area (Å²) in [6, 6.07) is 0.508. The maximum Gasteiger partial charge on any atom is 0.490 e. The minimum atomic E-state index is -5.08. The van der Waals surface area contributed by atoms with E-state index in [-0.39, 0.29) is 12.0 Å². The van der Waals surface area contributed by atoms with Crippen LogP contribution in [0.1, 0.15) is 26.7 Å². The van der Waals surface area contributed by atoms with Crippen LogP contribution in [-0.4, -0.2) is 76.3 Å². The molecule has 0 radical (unpaired) electrons. The predicted octanol–water partition coefficient (Wildman–Crippen LogP) is 2.08. The maximum absolute atomic E-state index is 10.6. The highest BCUT2D eigenvalue weighted by Gasteiger charge is 2.39. The number of carbonyl (C=O) groups is 2. The molecule has 200 valence electrons. The zero-order chi connectivity index (χ0) is 27.1. The molecule has 2 aliphatic heterocycles. The summed E-state index contributed by atoms with van der Waals surface area (Å²) in [5, 5.41) is 17.7. The minimum Gasteiger partial charge on any atom is -0.486 e. The summed E-state index contributed by atoms with van der Waals surface area (Å²) in [5.41, 5.74) is 11.9. The molecule has 1 fully saturated rings. The van der Waals surface area contributed by atoms with Gasteiger partial charge < -0.3 is 36.6 Å². The van der Waals surface area contributed by atoms with Gasteiger partial charge in [-0.05, 0) is 12.3 Å². The Morgan fingerprint density at radius 3 is 2.00 bits per heavy atom. The van der Waals surface area contributed by atoms with E-state index >= 15 is 0 Å². The number of hydrogen-bond acceptors (Lipinski definition) is 9. The summed E-state index contributed by atoms with van der Waals surface area (Å²) in [6.07, 6.45) is -8.27. The highest BCUT2D eigenvalue weighted by molar-refractivity contribution is 5.73. The number of aromatic nitrogens is 2. The van der Waals surface area contributed by atoms with E-state index in [0.29, 0.717) is 30.1 Å². The van der Waals surface area contributed by atoms with Crippen LogP contribution in [0.2, 0.25) is 0 Å². The number of fused-ring (bicyclic) bond motifs is 1. The Morgan fingerprint density at radius 1 is 1.09 bits per heavy atom. The van der Waals surface area contributed by atoms with Crippen LogP contribution in [0.15, 0.2) is 0 Å². The Labute approximate surface area is 195 Å². The van der Waals surface area contributed by atoms with Gasteiger partial charge in [0.25, 0.3) is 0 Å². The molecule has 17 heteroatoms. The van der Waals surface area contributed by atoms with Crippen molar-refractivity contribution in [1.82, 2.24) is 9.97 Å². The van der Waals surface area contributed by atoms with E-state index in [1.54, 1.807) is 0 Å². The molecular weight excluding hydrogens is 494 g/mol. The Kier molecular flexibility index (Phi) is 10.2. The van der Waals surface area contributed by atoms with Crippen molar-refractivity contribution in [2.45, 2.75) is 51.1 Å². The standard InChI is InChI=1S/C14H24N6O.2C2HF3O2/c1-8(2)10-4-6-21-11-12(17-10)18-14(16)19-13(11)20-5-3-9(15)7-20;2*3-2(4,5)1(6)7/h8-10H,3-7,15H2,1-2H3,(H3,16,17,18,19);2*(H,6,7)/t9-,10-;;/m1../s1. The molecule has 2 aliphatic rings. The van der Waals surface area contributed by atoms with Crippen LogP contribution in [0.25, 0.3) is 0 Å². The van der Waals surface area contributed by atoms with Crippen molar-refractivity contribution in [3.63, 3.8) is 0 Å². The highest BCUT2D eigenvalue weighted by Crippen LogP contribution is 2.38. The molecule has 0 aliphatic carbocycles. The number of rotatable bonds is 2. The topological polar surface area (TPSA) is 177 Å². The van der Waals surface area contributed by atoms with Crippen LogP contribution in [0.5, 0.6) is 5.75 Å². The number of nitrogen functional groups attached to an aromatic ring is 1. The van der Waals surface area contributed by atoms with Gasteiger partial charge in [-0.25, -0.2) is 9.59 Å². The van der Waals surface area contributed by atoms with Crippen molar-refractivity contribution in [1.29, 1.82) is 0 Å². The molecule has 11 nitrogen and oxygen atoms in total. The van der Waals surface area contributed by atoms with Crippen LogP contribution in [0.3, 0.4) is 0 Å². The molecule has 7 N–H and O–H groups in total. The molecule has 1 aromatic heterocycles. The summed E-state index contributed by atoms with van der Waals surface area (Å²) >= 11 is 0. The highest BCUT2D eigenvalue weighted by atomic mass is 19.4. The number of aliphatic carboxylic acids is 2. The van der Waals surface area contributed by atoms with E-state index in [1.807, 2.05) is 0 Å². The van der Waals surface area contributed by atoms with Crippen molar-refractivity contribution < 1.29 is 50.9 Å². The van der Waals surface area contributed by atoms with Gasteiger partial charge in [-0.15, -0.1) is 0 Å². The molecule has 0 amide bonds. The molecule has 0 saturated carbocycles. The van der Waals surface area contributed by atoms with E-state index in [2.05, 4.69) is 34.0 Å². The second-order valence-corrected chi connectivity index (χ2v) is 7.82. The number of nitrogens with two attached hydrogens (primary N) is 2. The van der Waals surface area contributed by atoms with Crippen molar-refractivity contribution in [2.24, 2.45) is 11.7 Å². The number of carboxylic acids is 2. The Balaban J connectivity index is 0.000000362. The third-order valence-corrected chi connectivity index (χ3v) is 4.68. The quantitative estimate of drug-likeness (QED) is 0.361. The summed E-state index contributed by atoms with van der Waals surface area (Å²) in [7, 11) is 0. The summed E-state index contributed by atoms with van der Waals surface area (Å²) in [5.74, 6) is -2.57. The zero-order valence-corrected chi connectivity index (χ0v) is 18.7. The van der Waals surface area contributed by atoms with Gasteiger partial charge in [0.1, 0.15) is 0 Å². The third-order valence-electron chi connectivity index (χ3n) is 4.68. The van der Waals surface area contributed by atoms with Crippen molar-refractivity contribution in [3.05, 3.63) is 0 Å². The fraction of sp³-hybridized carbons (Fsp3) is 0.667. The molecule has 2 atom stereocenters. The average Bonchev–Trinajstić information content (AvgIpc) is 3.01. The van der Waals surface area contributed by atoms with Gasteiger partial charge in [0, 0.05) is 31.6 Å². The smallest absolute Gasteiger partial charge is 0.486 e. The second kappa shape index (κ2) is 11.9. The van der Waals surface area contributed by atoms with Gasteiger partial charge >= 0.3 is 24.3 Å². The van der Waals surface area contributed by atoms with E-state index in [9.17, 15) is 26.3 Å². The number of nitrogens with zero attached hydrogens (tertiary/aromatic N) is 3. The van der Waals surface area contributed by atoms with Crippen LogP contribution < -0.4 is 26.4 Å². The van der Waals surface area contributed by atoms with E-state index < -0.39 is 24.3 Å². The lowest BCUT2D eigenvalue weighted by atomic mass is 10.0. The lowest BCUT2D eigenvalue weighted by molar-refractivity contribution is -0.193. The summed E-state index contributed by atoms with van der Waals surface area (Å²) in [6.45, 7) is 6.69. The molecule has 1 saturated heterocycles. The molecular formula is C18H26F6N6O5. The van der Waals surface area contributed by atoms with Crippen LogP contribution in [0.4, 0.5) is 43.9 Å². The van der Waals surface area contributed by atoms with Crippen molar-refractivity contribution in [3.8, 4) is 5.75 Å². The summed E-state index contributed by atoms with van der Waals surface area (Å²) in [4.78, 5) is 28.6. The van der Waals surface area contributed by atoms with Crippen molar-refractivity contribution >= 4 is 29.5 Å². The van der Waals surface area contributed by atoms with Gasteiger partial charge in [-0.3, -0.25) is 0 Å². The van der Waals surface area contributed by atoms with E-state index in [0.717, 1.165) is 31.7 Å². The first-order valence-corrected chi connectivity index (χ1v) is 10.1. The molecule has 3 rings (SSSR count). The van der Waals surface area contributed by atoms with E-state index in [1.165, 1.54) is 0 Å². The number of halogens is 6. The lowest BCUT2D eigenvalue weighted by Crippen LogP contribution is -2.28. The number of carboxylic acid groups (broad SMARTS) is 2. The molecule has 0 bridgehead atoms. The largest absolute Gasteiger partial charge is 0.490 e. The normalized spacial score (nSPS) is 19.7. The SMILES string of the molecule is CC(C)[C@H]1CCOc2c(nc(N)nc2N2CC[C@@H](N)C2)N1.O=C(O)C(F)(F)F.O=C(O)C(F)(F)F. The van der Waals surface area contributed by atoms with Gasteiger partial charge in [-0.2, -0.15) is 36.3 Å². The maximum atomic E-state index is 10.6. The predicted molar refractivity (Wildman–Crippen MR) is 111 cm³/mol. The fourth-order valence-corrected chi connectivity index (χ4v) is 2.92. The molecule has 3 heterocycles. The minimum absolute atomic E-state index is 0.180. The monoisotopic (exact) mass is 520 g/mol. The van der Waals surface area contributed by atoms with Crippen LogP contribution >= 0.6 is 0 Å². The van der Waals surface area contributed by atoms with E-state index in [4.69, 9.17) is 36.0 Å². The van der Waals surface area contributed by atoms with Crippen LogP contribution in [0, 0.1) is 5.92 Å². The van der Waals surface area contributed by atoms with Gasteiger partial charge in [-0.1, -0.05) is 13.8 Å². The second-order valence-electron chi connectivity index (χ2n) is 7.82. The number of hydrogen-bond donors (Lipinski definition) is 5. The number of alkyl halides is 6. The van der Waals surface area contributed by atoms with Crippen molar-refractivity contribution in [2.75, 3.05) is 35.6 Å². The number of ether oxygens (including phenoxy) is 1. The molecule has 0 spiro atoms. The summed E-state index contributed by atoms with van der Waals surface area (Å²) < 4.78 is 69.4. The zero-order valence-electron chi connectivity index (χ0n) is 18.7. The lowest BCUT2D eigenvalue weighted by Gasteiger charge is -2.22. The Morgan fingerprint density at radius 2 is 1.60 bits per heavy atom. The first-order chi connectivity index (χ1) is 15.9. The Hall–Kier alpha value is -3.24. The van der Waals surface area contributed by atoms with Gasteiger partial charge in [0.15, 0.2) is 11.6 Å². The van der Waals surface area contributed by atoms with Crippen LogP contribution in [-0.2, 0) is 9.59 Å². The molecule has 1 aromatic rings. The first-order valence-electron chi connectivity index (χ1n) is 10.1. The molecule has 0 aromatic carbocycles. The number of nitrogens with one attached hydrogen (secondary N) is 1. The Bertz CT molecular complexity index is 859. The number of anilines is 3. The molecule has 0 unspecified atom stereocenters. The molecule has 35 heavy (non-hydrogen) atoms. The first kappa shape index (κ1) is 29.8. The van der Waals surface area contributed by atoms with Gasteiger partial charge in [0.2, 0.25) is 11.7 Å². The van der Waals surface area contributed by atoms with Gasteiger partial charge in [0.05, 0.1) is 6.61 Å².